The summed E-state index contributed by atoms with van der Waals surface area (Å²) in [6.45, 7) is 14.1. The van der Waals surface area contributed by atoms with Gasteiger partial charge in [0.2, 0.25) is 0 Å². The monoisotopic (exact) mass is 291 g/mol. The van der Waals surface area contributed by atoms with E-state index >= 15 is 0 Å². The van der Waals surface area contributed by atoms with Gasteiger partial charge in [-0.05, 0) is 31.2 Å². The average molecular weight is 291 g/mol. The van der Waals surface area contributed by atoms with Crippen molar-refractivity contribution >= 4 is 27.4 Å². The second-order valence-corrected chi connectivity index (χ2v) is 7.82. The number of aromatic nitrogens is 2. The molecule has 0 aromatic carbocycles. The minimum atomic E-state index is 0.205. The second-order valence-electron chi connectivity index (χ2n) is 6.62. The van der Waals surface area contributed by atoms with Crippen LogP contribution in [0.3, 0.4) is 0 Å². The molecule has 0 amide bonds. The molecule has 4 heteroatoms. The molecule has 0 saturated carbocycles. The zero-order chi connectivity index (χ0) is 14.9. The number of nitrogens with one attached hydrogen (secondary N) is 1. The lowest BCUT2D eigenvalue weighted by molar-refractivity contribution is 0.401. The lowest BCUT2D eigenvalue weighted by atomic mass is 9.92. The first kappa shape index (κ1) is 15.2. The van der Waals surface area contributed by atoms with Gasteiger partial charge in [-0.3, -0.25) is 0 Å². The third-order valence-electron chi connectivity index (χ3n) is 3.31. The van der Waals surface area contributed by atoms with E-state index in [2.05, 4.69) is 46.9 Å². The van der Waals surface area contributed by atoms with E-state index in [4.69, 9.17) is 9.97 Å². The van der Waals surface area contributed by atoms with Gasteiger partial charge in [-0.15, -0.1) is 11.3 Å². The zero-order valence-corrected chi connectivity index (χ0v) is 14.2. The fourth-order valence-corrected chi connectivity index (χ4v) is 3.27. The lowest BCUT2D eigenvalue weighted by Gasteiger charge is -2.17. The van der Waals surface area contributed by atoms with Crippen molar-refractivity contribution in [1.82, 2.24) is 9.97 Å². The molecular formula is C16H25N3S. The first-order valence-corrected chi connectivity index (χ1v) is 8.14. The molecule has 3 nitrogen and oxygen atoms in total. The van der Waals surface area contributed by atoms with Crippen LogP contribution in [0.2, 0.25) is 0 Å². The molecule has 110 valence electrons. The lowest BCUT2D eigenvalue weighted by Crippen LogP contribution is -2.13. The van der Waals surface area contributed by atoms with Crippen molar-refractivity contribution in [2.24, 2.45) is 5.41 Å². The van der Waals surface area contributed by atoms with Gasteiger partial charge in [0.15, 0.2) is 0 Å². The zero-order valence-electron chi connectivity index (χ0n) is 13.4. The van der Waals surface area contributed by atoms with Gasteiger partial charge in [-0.1, -0.05) is 27.7 Å². The van der Waals surface area contributed by atoms with E-state index in [1.807, 2.05) is 0 Å². The number of hydrogen-bond acceptors (Lipinski definition) is 4. The predicted molar refractivity (Wildman–Crippen MR) is 88.8 cm³/mol. The van der Waals surface area contributed by atoms with Crippen LogP contribution in [-0.2, 0) is 6.42 Å². The molecule has 0 unspecified atom stereocenters. The molecule has 0 fully saturated rings. The van der Waals surface area contributed by atoms with Crippen LogP contribution in [0, 0.1) is 19.3 Å². The number of hydrogen-bond donors (Lipinski definition) is 1. The standard InChI is InChI=1S/C16H25N3S/c1-7-8-17-14-13-10(2)11(3)20-15(13)19-12(18-14)9-16(4,5)6/h7-9H2,1-6H3,(H,17,18,19). The molecule has 2 rings (SSSR count). The fourth-order valence-electron chi connectivity index (χ4n) is 2.22. The van der Waals surface area contributed by atoms with Gasteiger partial charge in [-0.25, -0.2) is 9.97 Å². The molecule has 2 aromatic heterocycles. The van der Waals surface area contributed by atoms with Gasteiger partial charge < -0.3 is 5.32 Å². The van der Waals surface area contributed by atoms with Crippen LogP contribution >= 0.6 is 11.3 Å². The Balaban J connectivity index is 2.52. The van der Waals surface area contributed by atoms with E-state index < -0.39 is 0 Å². The van der Waals surface area contributed by atoms with Crippen molar-refractivity contribution in [3.8, 4) is 0 Å². The summed E-state index contributed by atoms with van der Waals surface area (Å²) < 4.78 is 0. The molecule has 0 aliphatic heterocycles. The number of nitrogens with zero attached hydrogens (tertiary/aromatic N) is 2. The highest BCUT2D eigenvalue weighted by atomic mass is 32.1. The summed E-state index contributed by atoms with van der Waals surface area (Å²) in [6, 6.07) is 0. The van der Waals surface area contributed by atoms with Crippen molar-refractivity contribution in [2.75, 3.05) is 11.9 Å². The maximum Gasteiger partial charge on any atom is 0.138 e. The predicted octanol–water partition coefficient (Wildman–Crippen LogP) is 4.72. The third-order valence-corrected chi connectivity index (χ3v) is 4.41. The van der Waals surface area contributed by atoms with Crippen molar-refractivity contribution in [3.63, 3.8) is 0 Å². The topological polar surface area (TPSA) is 37.8 Å². The average Bonchev–Trinajstić information content (AvgIpc) is 2.60. The van der Waals surface area contributed by atoms with Crippen LogP contribution < -0.4 is 5.32 Å². The molecule has 0 spiro atoms. The summed E-state index contributed by atoms with van der Waals surface area (Å²) in [5, 5.41) is 4.68. The highest BCUT2D eigenvalue weighted by Gasteiger charge is 2.18. The molecule has 0 bridgehead atoms. The molecule has 0 atom stereocenters. The van der Waals surface area contributed by atoms with Gasteiger partial charge in [0.1, 0.15) is 16.5 Å². The van der Waals surface area contributed by atoms with E-state index in [1.54, 1.807) is 11.3 Å². The van der Waals surface area contributed by atoms with Gasteiger partial charge in [0.25, 0.3) is 0 Å². The number of fused-ring (bicyclic) bond motifs is 1. The Labute approximate surface area is 125 Å². The molecule has 0 radical (unpaired) electrons. The summed E-state index contributed by atoms with van der Waals surface area (Å²) in [4.78, 5) is 12.0. The smallest absolute Gasteiger partial charge is 0.138 e. The quantitative estimate of drug-likeness (QED) is 0.885. The highest BCUT2D eigenvalue weighted by molar-refractivity contribution is 7.18. The Kier molecular flexibility index (Phi) is 4.33. The van der Waals surface area contributed by atoms with Crippen LogP contribution in [0.5, 0.6) is 0 Å². The highest BCUT2D eigenvalue weighted by Crippen LogP contribution is 2.34. The molecule has 20 heavy (non-hydrogen) atoms. The number of thiophene rings is 1. The van der Waals surface area contributed by atoms with Gasteiger partial charge in [-0.2, -0.15) is 0 Å². The maximum atomic E-state index is 4.78. The van der Waals surface area contributed by atoms with Crippen LogP contribution in [0.25, 0.3) is 10.2 Å². The summed E-state index contributed by atoms with van der Waals surface area (Å²) in [5.74, 6) is 1.96. The minimum absolute atomic E-state index is 0.205. The molecule has 2 aromatic rings. The van der Waals surface area contributed by atoms with Crippen LogP contribution in [-0.4, -0.2) is 16.5 Å². The SMILES string of the molecule is CCCNc1nc(CC(C)(C)C)nc2sc(C)c(C)c12. The van der Waals surface area contributed by atoms with Gasteiger partial charge >= 0.3 is 0 Å². The Morgan fingerprint density at radius 3 is 2.45 bits per heavy atom. The number of anilines is 1. The van der Waals surface area contributed by atoms with Gasteiger partial charge in [0, 0.05) is 17.8 Å². The first-order valence-electron chi connectivity index (χ1n) is 7.32. The van der Waals surface area contributed by atoms with E-state index in [0.29, 0.717) is 0 Å². The van der Waals surface area contributed by atoms with Crippen molar-refractivity contribution in [2.45, 2.75) is 54.4 Å². The van der Waals surface area contributed by atoms with Crippen molar-refractivity contribution < 1.29 is 0 Å². The molecule has 0 saturated heterocycles. The van der Waals surface area contributed by atoms with Crippen molar-refractivity contribution in [1.29, 1.82) is 0 Å². The number of aryl methyl sites for hydroxylation is 2. The summed E-state index contributed by atoms with van der Waals surface area (Å²) in [5.41, 5.74) is 1.52. The summed E-state index contributed by atoms with van der Waals surface area (Å²) in [7, 11) is 0. The van der Waals surface area contributed by atoms with E-state index in [-0.39, 0.29) is 5.41 Å². The molecular weight excluding hydrogens is 266 g/mol. The largest absolute Gasteiger partial charge is 0.369 e. The van der Waals surface area contributed by atoms with Crippen LogP contribution in [0.1, 0.15) is 50.4 Å². The van der Waals surface area contributed by atoms with Gasteiger partial charge in [0.05, 0.1) is 5.39 Å². The minimum Gasteiger partial charge on any atom is -0.369 e. The molecule has 0 aliphatic carbocycles. The normalized spacial score (nSPS) is 12.1. The van der Waals surface area contributed by atoms with Crippen LogP contribution in [0.15, 0.2) is 0 Å². The van der Waals surface area contributed by atoms with E-state index in [1.165, 1.54) is 15.8 Å². The maximum absolute atomic E-state index is 4.78. The van der Waals surface area contributed by atoms with E-state index in [9.17, 15) is 0 Å². The second kappa shape index (κ2) is 5.68. The Morgan fingerprint density at radius 1 is 1.15 bits per heavy atom. The molecule has 2 heterocycles. The summed E-state index contributed by atoms with van der Waals surface area (Å²) >= 11 is 1.78. The molecule has 1 N–H and O–H groups in total. The van der Waals surface area contributed by atoms with Crippen LogP contribution in [0.4, 0.5) is 5.82 Å². The number of rotatable bonds is 4. The molecule has 0 aliphatic rings. The Hall–Kier alpha value is -1.16. The fraction of sp³-hybridized carbons (Fsp3) is 0.625. The third kappa shape index (κ3) is 3.29. The Morgan fingerprint density at radius 2 is 1.85 bits per heavy atom. The summed E-state index contributed by atoms with van der Waals surface area (Å²) in [6.07, 6.45) is 2.00. The first-order chi connectivity index (χ1) is 9.31. The van der Waals surface area contributed by atoms with E-state index in [0.717, 1.165) is 35.9 Å². The Bertz CT molecular complexity index is 608. The van der Waals surface area contributed by atoms with Crippen molar-refractivity contribution in [3.05, 3.63) is 16.3 Å².